The van der Waals surface area contributed by atoms with Gasteiger partial charge in [-0.05, 0) is 31.0 Å². The molecule has 2 aromatic rings. The molecule has 1 aromatic heterocycles. The molecule has 128 valence electrons. The monoisotopic (exact) mass is 391 g/mol. The number of hydrogen-bond donors (Lipinski definition) is 0. The molecule has 7 heteroatoms. The summed E-state index contributed by atoms with van der Waals surface area (Å²) in [5.74, 6) is 0.973. The van der Waals surface area contributed by atoms with Crippen molar-refractivity contribution < 1.29 is 4.79 Å². The van der Waals surface area contributed by atoms with Gasteiger partial charge in [0.05, 0.1) is 5.52 Å². The highest BCUT2D eigenvalue weighted by Crippen LogP contribution is 2.28. The van der Waals surface area contributed by atoms with Gasteiger partial charge in [-0.15, -0.1) is 0 Å². The van der Waals surface area contributed by atoms with Crippen LogP contribution in [0, 0.1) is 0 Å². The summed E-state index contributed by atoms with van der Waals surface area (Å²) in [6.07, 6.45) is 3.50. The fourth-order valence-electron chi connectivity index (χ4n) is 3.20. The number of aromatic nitrogens is 2. The Balaban J connectivity index is 1.76. The van der Waals surface area contributed by atoms with Crippen molar-refractivity contribution in [2.75, 3.05) is 39.1 Å². The Labute approximate surface area is 150 Å². The van der Waals surface area contributed by atoms with Gasteiger partial charge in [0.15, 0.2) is 0 Å². The van der Waals surface area contributed by atoms with Crippen LogP contribution in [-0.4, -0.2) is 66.1 Å². The van der Waals surface area contributed by atoms with Gasteiger partial charge < -0.3 is 14.7 Å². The zero-order valence-corrected chi connectivity index (χ0v) is 15.8. The van der Waals surface area contributed by atoms with Crippen LogP contribution in [0.5, 0.6) is 0 Å². The molecule has 0 saturated carbocycles. The lowest BCUT2D eigenvalue weighted by Gasteiger charge is -2.38. The topological polar surface area (TPSA) is 52.6 Å². The molecule has 1 aliphatic rings. The summed E-state index contributed by atoms with van der Waals surface area (Å²) >= 11 is 3.53. The van der Waals surface area contributed by atoms with Crippen molar-refractivity contribution in [3.8, 4) is 0 Å². The Hall–Kier alpha value is -1.89. The minimum absolute atomic E-state index is 0.0601. The summed E-state index contributed by atoms with van der Waals surface area (Å²) in [7, 11) is 5.47. The quantitative estimate of drug-likeness (QED) is 0.789. The summed E-state index contributed by atoms with van der Waals surface area (Å²) in [6, 6.07) is 6.40. The number of anilines is 1. The predicted molar refractivity (Wildman–Crippen MR) is 99.3 cm³/mol. The molecule has 0 aliphatic carbocycles. The molecule has 1 saturated heterocycles. The lowest BCUT2D eigenvalue weighted by Crippen LogP contribution is -2.48. The van der Waals surface area contributed by atoms with Crippen LogP contribution >= 0.6 is 15.9 Å². The molecule has 24 heavy (non-hydrogen) atoms. The van der Waals surface area contributed by atoms with Crippen molar-refractivity contribution in [1.29, 1.82) is 0 Å². The van der Waals surface area contributed by atoms with Crippen LogP contribution in [0.3, 0.4) is 0 Å². The number of halogens is 1. The SMILES string of the molecule is CN(C)C(=O)N(C)C1CCN(c2ncnc3ccc(Br)cc23)CC1. The average molecular weight is 392 g/mol. The Morgan fingerprint density at radius 2 is 1.92 bits per heavy atom. The van der Waals surface area contributed by atoms with Crippen molar-refractivity contribution in [2.24, 2.45) is 0 Å². The fraction of sp³-hybridized carbons (Fsp3) is 0.471. The van der Waals surface area contributed by atoms with Crippen molar-refractivity contribution in [2.45, 2.75) is 18.9 Å². The highest BCUT2D eigenvalue weighted by molar-refractivity contribution is 9.10. The summed E-state index contributed by atoms with van der Waals surface area (Å²) in [6.45, 7) is 1.77. The third-order valence-electron chi connectivity index (χ3n) is 4.57. The minimum Gasteiger partial charge on any atom is -0.356 e. The van der Waals surface area contributed by atoms with Gasteiger partial charge in [0.1, 0.15) is 12.1 Å². The highest BCUT2D eigenvalue weighted by atomic mass is 79.9. The zero-order chi connectivity index (χ0) is 17.3. The maximum Gasteiger partial charge on any atom is 0.319 e. The molecular weight excluding hydrogens is 370 g/mol. The smallest absolute Gasteiger partial charge is 0.319 e. The first kappa shape index (κ1) is 17.0. The molecule has 3 rings (SSSR count). The van der Waals surface area contributed by atoms with Gasteiger partial charge in [-0.2, -0.15) is 0 Å². The van der Waals surface area contributed by atoms with Crippen LogP contribution in [0.25, 0.3) is 10.9 Å². The number of rotatable bonds is 2. The molecule has 0 bridgehead atoms. The first-order valence-corrected chi connectivity index (χ1v) is 8.86. The third kappa shape index (κ3) is 3.31. The maximum absolute atomic E-state index is 12.1. The lowest BCUT2D eigenvalue weighted by molar-refractivity contribution is 0.155. The van der Waals surface area contributed by atoms with Gasteiger partial charge >= 0.3 is 6.03 Å². The summed E-state index contributed by atoms with van der Waals surface area (Å²) in [4.78, 5) is 26.7. The Bertz CT molecular complexity index is 743. The number of carbonyl (C=O) groups is 1. The Kier molecular flexibility index (Phi) is 4.89. The molecule has 1 aliphatic heterocycles. The molecule has 0 radical (unpaired) electrons. The van der Waals surface area contributed by atoms with Crippen molar-refractivity contribution >= 4 is 38.7 Å². The maximum atomic E-state index is 12.1. The molecule has 1 aromatic carbocycles. The Morgan fingerprint density at radius 1 is 1.21 bits per heavy atom. The van der Waals surface area contributed by atoms with Gasteiger partial charge in [0.25, 0.3) is 0 Å². The predicted octanol–water partition coefficient (Wildman–Crippen LogP) is 2.97. The second-order valence-corrected chi connectivity index (χ2v) is 7.28. The molecule has 0 unspecified atom stereocenters. The second kappa shape index (κ2) is 6.93. The largest absolute Gasteiger partial charge is 0.356 e. The van der Waals surface area contributed by atoms with Crippen molar-refractivity contribution in [1.82, 2.24) is 19.8 Å². The summed E-state index contributed by atoms with van der Waals surface area (Å²) < 4.78 is 1.03. The van der Waals surface area contributed by atoms with Crippen molar-refractivity contribution in [3.05, 3.63) is 29.0 Å². The first-order valence-electron chi connectivity index (χ1n) is 8.06. The van der Waals surface area contributed by atoms with Crippen molar-refractivity contribution in [3.63, 3.8) is 0 Å². The normalized spacial score (nSPS) is 15.6. The number of nitrogens with zero attached hydrogens (tertiary/aromatic N) is 5. The first-order chi connectivity index (χ1) is 11.5. The van der Waals surface area contributed by atoms with E-state index in [9.17, 15) is 4.79 Å². The molecule has 2 heterocycles. The molecule has 0 N–H and O–H groups in total. The third-order valence-corrected chi connectivity index (χ3v) is 5.07. The van der Waals surface area contributed by atoms with E-state index in [1.807, 2.05) is 24.1 Å². The molecular formula is C17H22BrN5O. The highest BCUT2D eigenvalue weighted by Gasteiger charge is 2.27. The number of benzene rings is 1. The van der Waals surface area contributed by atoms with Gasteiger partial charge in [0.2, 0.25) is 0 Å². The van der Waals surface area contributed by atoms with Crippen LogP contribution < -0.4 is 4.90 Å². The van der Waals surface area contributed by atoms with Gasteiger partial charge in [-0.3, -0.25) is 0 Å². The van der Waals surface area contributed by atoms with Crippen LogP contribution in [-0.2, 0) is 0 Å². The van der Waals surface area contributed by atoms with E-state index in [0.29, 0.717) is 0 Å². The average Bonchev–Trinajstić information content (AvgIpc) is 2.60. The van der Waals surface area contributed by atoms with E-state index in [0.717, 1.165) is 47.1 Å². The number of amides is 2. The standard InChI is InChI=1S/C17H22BrN5O/c1-21(2)17(24)22(3)13-6-8-23(9-7-13)16-14-10-12(18)4-5-15(14)19-11-20-16/h4-5,10-11,13H,6-9H2,1-3H3. The van der Waals surface area contributed by atoms with E-state index in [4.69, 9.17) is 0 Å². The molecule has 2 amide bonds. The Morgan fingerprint density at radius 3 is 2.58 bits per heavy atom. The van der Waals surface area contributed by atoms with Gasteiger partial charge in [0, 0.05) is 50.1 Å². The number of fused-ring (bicyclic) bond motifs is 1. The lowest BCUT2D eigenvalue weighted by atomic mass is 10.0. The van der Waals surface area contributed by atoms with E-state index >= 15 is 0 Å². The fourth-order valence-corrected chi connectivity index (χ4v) is 3.56. The molecule has 6 nitrogen and oxygen atoms in total. The van der Waals surface area contributed by atoms with Crippen LogP contribution in [0.15, 0.2) is 29.0 Å². The number of piperidine rings is 1. The van der Waals surface area contributed by atoms with Crippen LogP contribution in [0.1, 0.15) is 12.8 Å². The van der Waals surface area contributed by atoms with Gasteiger partial charge in [-0.1, -0.05) is 15.9 Å². The summed E-state index contributed by atoms with van der Waals surface area (Å²) in [5, 5.41) is 1.06. The second-order valence-electron chi connectivity index (χ2n) is 6.36. The number of carbonyl (C=O) groups excluding carboxylic acids is 1. The van der Waals surface area contributed by atoms with E-state index in [1.165, 1.54) is 0 Å². The molecule has 0 spiro atoms. The summed E-state index contributed by atoms with van der Waals surface area (Å²) in [5.41, 5.74) is 0.949. The van der Waals surface area contributed by atoms with Crippen LogP contribution in [0.2, 0.25) is 0 Å². The van der Waals surface area contributed by atoms with E-state index < -0.39 is 0 Å². The van der Waals surface area contributed by atoms with Crippen LogP contribution in [0.4, 0.5) is 10.6 Å². The minimum atomic E-state index is 0.0601. The van der Waals surface area contributed by atoms with E-state index in [2.05, 4.69) is 36.9 Å². The number of urea groups is 1. The zero-order valence-electron chi connectivity index (χ0n) is 14.2. The van der Waals surface area contributed by atoms with Gasteiger partial charge in [-0.25, -0.2) is 14.8 Å². The molecule has 0 atom stereocenters. The molecule has 1 fully saturated rings. The van der Waals surface area contributed by atoms with E-state index in [-0.39, 0.29) is 12.1 Å². The number of hydrogen-bond acceptors (Lipinski definition) is 4. The van der Waals surface area contributed by atoms with E-state index in [1.54, 1.807) is 25.3 Å².